The fraction of sp³-hybridized carbons (Fsp3) is 0.467. The van der Waals surface area contributed by atoms with Gasteiger partial charge >= 0.3 is 0 Å². The van der Waals surface area contributed by atoms with Crippen molar-refractivity contribution >= 4 is 22.4 Å². The Kier molecular flexibility index (Phi) is 3.97. The van der Waals surface area contributed by atoms with Crippen molar-refractivity contribution in [2.45, 2.75) is 31.8 Å². The van der Waals surface area contributed by atoms with E-state index in [-0.39, 0.29) is 0 Å². The first-order chi connectivity index (χ1) is 9.83. The fourth-order valence-electron chi connectivity index (χ4n) is 2.66. The normalized spacial score (nSPS) is 15.8. The van der Waals surface area contributed by atoms with Gasteiger partial charge in [-0.05, 0) is 31.0 Å². The molecule has 0 amide bonds. The predicted octanol–water partition coefficient (Wildman–Crippen LogP) is 2.58. The summed E-state index contributed by atoms with van der Waals surface area (Å²) in [7, 11) is 0. The summed E-state index contributed by atoms with van der Waals surface area (Å²) in [5.41, 5.74) is 7.34. The summed E-state index contributed by atoms with van der Waals surface area (Å²) in [4.78, 5) is 8.52. The second-order valence-electron chi connectivity index (χ2n) is 5.20. The third kappa shape index (κ3) is 2.99. The Morgan fingerprint density at radius 3 is 2.95 bits per heavy atom. The number of nitrogens with zero attached hydrogens (tertiary/aromatic N) is 2. The van der Waals surface area contributed by atoms with Crippen molar-refractivity contribution in [2.24, 2.45) is 0 Å². The highest BCUT2D eigenvalue weighted by Gasteiger charge is 2.14. The lowest BCUT2D eigenvalue weighted by Gasteiger charge is -2.12. The zero-order valence-corrected chi connectivity index (χ0v) is 11.5. The maximum atomic E-state index is 5.83. The second kappa shape index (κ2) is 6.05. The molecule has 0 radical (unpaired) electrons. The van der Waals surface area contributed by atoms with Gasteiger partial charge < -0.3 is 15.8 Å². The number of hydrogen-bond donors (Lipinski definition) is 2. The summed E-state index contributed by atoms with van der Waals surface area (Å²) >= 11 is 0. The van der Waals surface area contributed by atoms with Gasteiger partial charge in [0.25, 0.3) is 0 Å². The van der Waals surface area contributed by atoms with Gasteiger partial charge in [0, 0.05) is 17.6 Å². The standard InChI is InChI=1S/C15H20N4O/c16-11-5-6-13-14(9-11)18-10-19-15(13)17-7-8-20-12-3-1-2-4-12/h5-6,9-10,12H,1-4,7-8,16H2,(H,17,18,19). The molecule has 1 aromatic carbocycles. The van der Waals surface area contributed by atoms with Gasteiger partial charge in [-0.25, -0.2) is 9.97 Å². The first-order valence-electron chi connectivity index (χ1n) is 7.18. The predicted molar refractivity (Wildman–Crippen MR) is 80.6 cm³/mol. The van der Waals surface area contributed by atoms with Crippen molar-refractivity contribution in [2.75, 3.05) is 24.2 Å². The SMILES string of the molecule is Nc1ccc2c(NCCOC3CCCC3)ncnc2c1. The number of nitrogens with one attached hydrogen (secondary N) is 1. The van der Waals surface area contributed by atoms with Gasteiger partial charge in [-0.2, -0.15) is 0 Å². The van der Waals surface area contributed by atoms with Crippen molar-refractivity contribution in [3.63, 3.8) is 0 Å². The van der Waals surface area contributed by atoms with Crippen LogP contribution in [0.25, 0.3) is 10.9 Å². The number of hydrogen-bond acceptors (Lipinski definition) is 5. The largest absolute Gasteiger partial charge is 0.399 e. The lowest BCUT2D eigenvalue weighted by Crippen LogP contribution is -2.16. The molecule has 5 heteroatoms. The Balaban J connectivity index is 1.59. The summed E-state index contributed by atoms with van der Waals surface area (Å²) in [6.45, 7) is 1.47. The Hall–Kier alpha value is -1.88. The molecule has 0 saturated heterocycles. The molecule has 0 bridgehead atoms. The van der Waals surface area contributed by atoms with Crippen LogP contribution < -0.4 is 11.1 Å². The molecule has 5 nitrogen and oxygen atoms in total. The number of benzene rings is 1. The van der Waals surface area contributed by atoms with Gasteiger partial charge in [0.1, 0.15) is 12.1 Å². The van der Waals surface area contributed by atoms with Crippen LogP contribution >= 0.6 is 0 Å². The molecular formula is C15H20N4O. The van der Waals surface area contributed by atoms with Crippen LogP contribution in [0.4, 0.5) is 11.5 Å². The van der Waals surface area contributed by atoms with E-state index in [4.69, 9.17) is 10.5 Å². The Morgan fingerprint density at radius 1 is 1.25 bits per heavy atom. The summed E-state index contributed by atoms with van der Waals surface area (Å²) in [6, 6.07) is 5.67. The Bertz CT molecular complexity index is 581. The first kappa shape index (κ1) is 13.1. The minimum absolute atomic E-state index is 0.457. The van der Waals surface area contributed by atoms with Crippen molar-refractivity contribution in [3.05, 3.63) is 24.5 Å². The molecule has 1 heterocycles. The average Bonchev–Trinajstić information content (AvgIpc) is 2.96. The average molecular weight is 272 g/mol. The molecule has 2 aromatic rings. The van der Waals surface area contributed by atoms with E-state index in [2.05, 4.69) is 15.3 Å². The van der Waals surface area contributed by atoms with Gasteiger partial charge in [0.15, 0.2) is 0 Å². The van der Waals surface area contributed by atoms with Gasteiger partial charge in [0.05, 0.1) is 18.2 Å². The van der Waals surface area contributed by atoms with E-state index in [0.717, 1.165) is 23.3 Å². The zero-order chi connectivity index (χ0) is 13.8. The highest BCUT2D eigenvalue weighted by Crippen LogP contribution is 2.22. The van der Waals surface area contributed by atoms with Gasteiger partial charge in [-0.1, -0.05) is 12.8 Å². The van der Waals surface area contributed by atoms with Crippen molar-refractivity contribution in [3.8, 4) is 0 Å². The third-order valence-corrected chi connectivity index (χ3v) is 3.71. The van der Waals surface area contributed by atoms with Gasteiger partial charge in [0.2, 0.25) is 0 Å². The highest BCUT2D eigenvalue weighted by molar-refractivity contribution is 5.90. The number of nitrogen functional groups attached to an aromatic ring is 1. The minimum atomic E-state index is 0.457. The van der Waals surface area contributed by atoms with Gasteiger partial charge in [-0.3, -0.25) is 0 Å². The molecule has 3 rings (SSSR count). The molecule has 0 unspecified atom stereocenters. The lowest BCUT2D eigenvalue weighted by atomic mass is 10.2. The van der Waals surface area contributed by atoms with E-state index in [1.807, 2.05) is 18.2 Å². The molecular weight excluding hydrogens is 252 g/mol. The third-order valence-electron chi connectivity index (χ3n) is 3.71. The van der Waals surface area contributed by atoms with Crippen LogP contribution in [0.5, 0.6) is 0 Å². The van der Waals surface area contributed by atoms with Crippen molar-refractivity contribution in [1.29, 1.82) is 0 Å². The summed E-state index contributed by atoms with van der Waals surface area (Å²) in [5.74, 6) is 0.838. The number of aromatic nitrogens is 2. The molecule has 0 aliphatic heterocycles. The fourth-order valence-corrected chi connectivity index (χ4v) is 2.66. The van der Waals surface area contributed by atoms with E-state index in [0.29, 0.717) is 18.4 Å². The molecule has 0 spiro atoms. The topological polar surface area (TPSA) is 73.1 Å². The van der Waals surface area contributed by atoms with E-state index in [9.17, 15) is 0 Å². The molecule has 106 valence electrons. The maximum Gasteiger partial charge on any atom is 0.137 e. The molecule has 20 heavy (non-hydrogen) atoms. The minimum Gasteiger partial charge on any atom is -0.399 e. The zero-order valence-electron chi connectivity index (χ0n) is 11.5. The second-order valence-corrected chi connectivity index (χ2v) is 5.20. The van der Waals surface area contributed by atoms with Crippen LogP contribution in [0.2, 0.25) is 0 Å². The molecule has 1 saturated carbocycles. The number of rotatable bonds is 5. The monoisotopic (exact) mass is 272 g/mol. The Labute approximate surface area is 118 Å². The number of anilines is 2. The number of nitrogens with two attached hydrogens (primary N) is 1. The molecule has 0 atom stereocenters. The summed E-state index contributed by atoms with van der Waals surface area (Å²) in [6.07, 6.45) is 7.03. The molecule has 1 aliphatic rings. The van der Waals surface area contributed by atoms with E-state index < -0.39 is 0 Å². The van der Waals surface area contributed by atoms with E-state index in [1.165, 1.54) is 25.7 Å². The maximum absolute atomic E-state index is 5.83. The smallest absolute Gasteiger partial charge is 0.137 e. The van der Waals surface area contributed by atoms with Crippen LogP contribution in [0.3, 0.4) is 0 Å². The number of fused-ring (bicyclic) bond motifs is 1. The number of ether oxygens (including phenoxy) is 1. The van der Waals surface area contributed by atoms with Crippen LogP contribution in [0.15, 0.2) is 24.5 Å². The summed E-state index contributed by atoms with van der Waals surface area (Å²) in [5, 5.41) is 4.30. The van der Waals surface area contributed by atoms with E-state index in [1.54, 1.807) is 6.33 Å². The summed E-state index contributed by atoms with van der Waals surface area (Å²) < 4.78 is 5.83. The van der Waals surface area contributed by atoms with Crippen LogP contribution in [0.1, 0.15) is 25.7 Å². The Morgan fingerprint density at radius 2 is 2.10 bits per heavy atom. The quantitative estimate of drug-likeness (QED) is 0.646. The molecule has 1 fully saturated rings. The van der Waals surface area contributed by atoms with Gasteiger partial charge in [-0.15, -0.1) is 0 Å². The van der Waals surface area contributed by atoms with Crippen molar-refractivity contribution in [1.82, 2.24) is 9.97 Å². The van der Waals surface area contributed by atoms with Crippen LogP contribution in [0, 0.1) is 0 Å². The highest BCUT2D eigenvalue weighted by atomic mass is 16.5. The van der Waals surface area contributed by atoms with Crippen LogP contribution in [-0.2, 0) is 4.74 Å². The lowest BCUT2D eigenvalue weighted by molar-refractivity contribution is 0.0659. The molecule has 1 aromatic heterocycles. The van der Waals surface area contributed by atoms with Crippen LogP contribution in [-0.4, -0.2) is 29.2 Å². The molecule has 3 N–H and O–H groups in total. The van der Waals surface area contributed by atoms with E-state index >= 15 is 0 Å². The molecule has 1 aliphatic carbocycles. The van der Waals surface area contributed by atoms with Crippen molar-refractivity contribution < 1.29 is 4.74 Å². The first-order valence-corrected chi connectivity index (χ1v) is 7.18.